The second kappa shape index (κ2) is 11.4. The zero-order valence-electron chi connectivity index (χ0n) is 19.9. The number of piperazine rings is 1. The molecule has 1 fully saturated rings. The Morgan fingerprint density at radius 3 is 2.24 bits per heavy atom. The van der Waals surface area contributed by atoms with Crippen LogP contribution in [0.15, 0.2) is 48.5 Å². The van der Waals surface area contributed by atoms with Crippen molar-refractivity contribution in [1.82, 2.24) is 15.1 Å². The number of nitrogens with one attached hydrogen (secondary N) is 2. The van der Waals surface area contributed by atoms with E-state index in [4.69, 9.17) is 12.2 Å². The Hall–Kier alpha value is -2.77. The molecule has 0 radical (unpaired) electrons. The van der Waals surface area contributed by atoms with Crippen LogP contribution in [0.5, 0.6) is 0 Å². The first-order valence-corrected chi connectivity index (χ1v) is 11.9. The van der Waals surface area contributed by atoms with Crippen molar-refractivity contribution in [2.24, 2.45) is 5.92 Å². The molecule has 6 nitrogen and oxygen atoms in total. The van der Waals surface area contributed by atoms with Gasteiger partial charge in [0.2, 0.25) is 5.91 Å². The number of hydrogen-bond acceptors (Lipinski definition) is 4. The summed E-state index contributed by atoms with van der Waals surface area (Å²) in [5.41, 5.74) is 3.35. The van der Waals surface area contributed by atoms with Crippen molar-refractivity contribution in [3.05, 3.63) is 65.2 Å². The minimum absolute atomic E-state index is 0.0322. The summed E-state index contributed by atoms with van der Waals surface area (Å²) in [6.45, 7) is 9.33. The van der Waals surface area contributed by atoms with Crippen LogP contribution >= 0.6 is 12.2 Å². The van der Waals surface area contributed by atoms with Crippen molar-refractivity contribution in [3.63, 3.8) is 0 Å². The number of hydrogen-bond donors (Lipinski definition) is 2. The fraction of sp³-hybridized carbons (Fsp3) is 0.423. The van der Waals surface area contributed by atoms with Crippen LogP contribution in [-0.2, 0) is 11.2 Å². The number of nitrogens with zero attached hydrogens (tertiary/aromatic N) is 2. The van der Waals surface area contributed by atoms with Crippen molar-refractivity contribution in [2.75, 3.05) is 38.5 Å². The smallest absolute Gasteiger partial charge is 0.256 e. The van der Waals surface area contributed by atoms with Gasteiger partial charge in [-0.15, -0.1) is 0 Å². The van der Waals surface area contributed by atoms with Crippen LogP contribution in [0.25, 0.3) is 0 Å². The van der Waals surface area contributed by atoms with Gasteiger partial charge in [0.15, 0.2) is 5.11 Å². The summed E-state index contributed by atoms with van der Waals surface area (Å²) in [5, 5.41) is 6.01. The van der Waals surface area contributed by atoms with Gasteiger partial charge in [-0.3, -0.25) is 9.59 Å². The normalized spacial score (nSPS) is 15.2. The Labute approximate surface area is 202 Å². The Bertz CT molecular complexity index is 982. The molecular formula is C26H34N4O2S. The standard InChI is InChI=1S/C26H34N4O2S/c1-18(2)17-20-9-11-21(12-10-20)19(3)24(31)28-26(33)27-23-8-6-5-7-22(23)25(32)30-15-13-29(4)14-16-30/h5-12,18-19H,13-17H2,1-4H3,(H2,27,28,31,33). The van der Waals surface area contributed by atoms with Crippen molar-refractivity contribution >= 4 is 34.8 Å². The fourth-order valence-corrected chi connectivity index (χ4v) is 4.11. The predicted octanol–water partition coefficient (Wildman–Crippen LogP) is 3.89. The zero-order valence-corrected chi connectivity index (χ0v) is 20.7. The molecular weight excluding hydrogens is 432 g/mol. The van der Waals surface area contributed by atoms with Crippen LogP contribution in [0.3, 0.4) is 0 Å². The van der Waals surface area contributed by atoms with E-state index in [0.717, 1.165) is 25.1 Å². The predicted molar refractivity (Wildman–Crippen MR) is 138 cm³/mol. The molecule has 1 aliphatic heterocycles. The molecule has 0 bridgehead atoms. The second-order valence-electron chi connectivity index (χ2n) is 9.15. The fourth-order valence-electron chi connectivity index (χ4n) is 3.90. The third-order valence-electron chi connectivity index (χ3n) is 5.95. The summed E-state index contributed by atoms with van der Waals surface area (Å²) < 4.78 is 0. The van der Waals surface area contributed by atoms with Crippen LogP contribution in [0, 0.1) is 5.92 Å². The minimum atomic E-state index is -0.347. The van der Waals surface area contributed by atoms with Crippen LogP contribution in [0.4, 0.5) is 5.69 Å². The largest absolute Gasteiger partial charge is 0.336 e. The molecule has 176 valence electrons. The number of carbonyl (C=O) groups is 2. The average molecular weight is 467 g/mol. The first-order valence-electron chi connectivity index (χ1n) is 11.5. The molecule has 0 aliphatic carbocycles. The summed E-state index contributed by atoms with van der Waals surface area (Å²) in [5.74, 6) is 0.0215. The van der Waals surface area contributed by atoms with E-state index in [2.05, 4.69) is 48.6 Å². The molecule has 2 N–H and O–H groups in total. The lowest BCUT2D eigenvalue weighted by Crippen LogP contribution is -2.47. The highest BCUT2D eigenvalue weighted by Crippen LogP contribution is 2.20. The molecule has 0 saturated carbocycles. The van der Waals surface area contributed by atoms with Crippen LogP contribution < -0.4 is 10.6 Å². The molecule has 2 aromatic carbocycles. The first-order chi connectivity index (χ1) is 15.7. The number of benzene rings is 2. The Kier molecular flexibility index (Phi) is 8.58. The van der Waals surface area contributed by atoms with E-state index in [1.54, 1.807) is 12.1 Å². The van der Waals surface area contributed by atoms with Gasteiger partial charge in [0, 0.05) is 26.2 Å². The first kappa shape index (κ1) is 24.9. The second-order valence-corrected chi connectivity index (χ2v) is 9.55. The highest BCUT2D eigenvalue weighted by molar-refractivity contribution is 7.80. The van der Waals surface area contributed by atoms with Crippen molar-refractivity contribution in [2.45, 2.75) is 33.1 Å². The molecule has 0 aromatic heterocycles. The third kappa shape index (κ3) is 6.85. The maximum Gasteiger partial charge on any atom is 0.256 e. The molecule has 0 spiro atoms. The third-order valence-corrected chi connectivity index (χ3v) is 6.15. The van der Waals surface area contributed by atoms with E-state index < -0.39 is 0 Å². The summed E-state index contributed by atoms with van der Waals surface area (Å²) in [4.78, 5) is 29.9. The van der Waals surface area contributed by atoms with E-state index >= 15 is 0 Å². The lowest BCUT2D eigenvalue weighted by Gasteiger charge is -2.32. The number of likely N-dealkylation sites (N-methyl/N-ethyl adjacent to an activating group) is 1. The van der Waals surface area contributed by atoms with E-state index in [1.165, 1.54) is 5.56 Å². The number of rotatable bonds is 6. The lowest BCUT2D eigenvalue weighted by atomic mass is 9.96. The Morgan fingerprint density at radius 1 is 0.970 bits per heavy atom. The van der Waals surface area contributed by atoms with Gasteiger partial charge in [-0.2, -0.15) is 0 Å². The Morgan fingerprint density at radius 2 is 1.61 bits per heavy atom. The van der Waals surface area contributed by atoms with Gasteiger partial charge in [-0.25, -0.2) is 0 Å². The van der Waals surface area contributed by atoms with Gasteiger partial charge in [0.25, 0.3) is 5.91 Å². The number of carbonyl (C=O) groups excluding carboxylic acids is 2. The molecule has 1 atom stereocenters. The molecule has 2 amide bonds. The number of anilines is 1. The maximum absolute atomic E-state index is 13.1. The highest BCUT2D eigenvalue weighted by atomic mass is 32.1. The van der Waals surface area contributed by atoms with Crippen molar-refractivity contribution in [3.8, 4) is 0 Å². The average Bonchev–Trinajstić information content (AvgIpc) is 2.79. The quantitative estimate of drug-likeness (QED) is 0.633. The van der Waals surface area contributed by atoms with Crippen molar-refractivity contribution in [1.29, 1.82) is 0 Å². The summed E-state index contributed by atoms with van der Waals surface area (Å²) >= 11 is 5.39. The molecule has 1 saturated heterocycles. The lowest BCUT2D eigenvalue weighted by molar-refractivity contribution is -0.120. The van der Waals surface area contributed by atoms with Gasteiger partial charge >= 0.3 is 0 Å². The Balaban J connectivity index is 1.61. The van der Waals surface area contributed by atoms with E-state index in [1.807, 2.05) is 36.1 Å². The van der Waals surface area contributed by atoms with Gasteiger partial charge in [0.05, 0.1) is 17.2 Å². The van der Waals surface area contributed by atoms with Crippen LogP contribution in [0.2, 0.25) is 0 Å². The number of thiocarbonyl (C=S) groups is 1. The van der Waals surface area contributed by atoms with Crippen molar-refractivity contribution < 1.29 is 9.59 Å². The zero-order chi connectivity index (χ0) is 24.0. The number of amides is 2. The van der Waals surface area contributed by atoms with Gasteiger partial charge in [-0.1, -0.05) is 50.2 Å². The molecule has 1 heterocycles. The van der Waals surface area contributed by atoms with E-state index in [-0.39, 0.29) is 22.8 Å². The summed E-state index contributed by atoms with van der Waals surface area (Å²) in [6.07, 6.45) is 1.02. The molecule has 2 aromatic rings. The van der Waals surface area contributed by atoms with Crippen LogP contribution in [0.1, 0.15) is 48.2 Å². The molecule has 33 heavy (non-hydrogen) atoms. The summed E-state index contributed by atoms with van der Waals surface area (Å²) in [7, 11) is 2.06. The van der Waals surface area contributed by atoms with Crippen LogP contribution in [-0.4, -0.2) is 60.0 Å². The minimum Gasteiger partial charge on any atom is -0.336 e. The number of para-hydroxylation sites is 1. The van der Waals surface area contributed by atoms with E-state index in [0.29, 0.717) is 30.3 Å². The molecule has 1 unspecified atom stereocenters. The maximum atomic E-state index is 13.1. The van der Waals surface area contributed by atoms with Gasteiger partial charge < -0.3 is 20.4 Å². The topological polar surface area (TPSA) is 64.7 Å². The van der Waals surface area contributed by atoms with Gasteiger partial charge in [-0.05, 0) is 61.8 Å². The molecule has 7 heteroatoms. The SMILES string of the molecule is CC(C)Cc1ccc(C(C)C(=O)NC(=S)Nc2ccccc2C(=O)N2CCN(C)CC2)cc1. The molecule has 3 rings (SSSR count). The highest BCUT2D eigenvalue weighted by Gasteiger charge is 2.23. The molecule has 1 aliphatic rings. The van der Waals surface area contributed by atoms with Gasteiger partial charge in [0.1, 0.15) is 0 Å². The monoisotopic (exact) mass is 466 g/mol. The van der Waals surface area contributed by atoms with E-state index in [9.17, 15) is 9.59 Å². The summed E-state index contributed by atoms with van der Waals surface area (Å²) in [6, 6.07) is 15.4.